The topological polar surface area (TPSA) is 29.5 Å². The summed E-state index contributed by atoms with van der Waals surface area (Å²) in [5.41, 5.74) is 0.427. The fourth-order valence-corrected chi connectivity index (χ4v) is 2.12. The van der Waals surface area contributed by atoms with Gasteiger partial charge in [0.15, 0.2) is 0 Å². The van der Waals surface area contributed by atoms with E-state index in [-0.39, 0.29) is 0 Å². The molecule has 5 heteroatoms. The fourth-order valence-electron chi connectivity index (χ4n) is 1.16. The number of benzene rings is 1. The van der Waals surface area contributed by atoms with E-state index in [0.717, 1.165) is 11.1 Å². The highest BCUT2D eigenvalue weighted by molar-refractivity contribution is 8.59. The molecule has 1 aromatic carbocycles. The zero-order valence-electron chi connectivity index (χ0n) is 8.31. The Balaban J connectivity index is 3.12. The molecule has 0 bridgehead atoms. The van der Waals surface area contributed by atoms with E-state index in [0.29, 0.717) is 5.75 Å². The van der Waals surface area contributed by atoms with Crippen molar-refractivity contribution in [2.75, 3.05) is 0 Å². The normalized spacial score (nSPS) is 14.9. The Hall–Kier alpha value is -0.0200. The minimum absolute atomic E-state index is 0.619. The largest absolute Gasteiger partial charge is 0.436 e. The van der Waals surface area contributed by atoms with Gasteiger partial charge in [0.05, 0.1) is 0 Å². The number of thiol groups is 1. The molecule has 1 aromatic rings. The Morgan fingerprint density at radius 2 is 1.86 bits per heavy atom. The Kier molecular flexibility index (Phi) is 3.64. The zero-order chi connectivity index (χ0) is 10.9. The molecular formula is C9H13O2PS2. The minimum Gasteiger partial charge on any atom is -0.436 e. The molecule has 1 atom stereocenters. The van der Waals surface area contributed by atoms with E-state index in [2.05, 4.69) is 12.2 Å². The molecule has 2 nitrogen and oxygen atoms in total. The Bertz CT molecular complexity index is 398. The average Bonchev–Trinajstić information content (AvgIpc) is 2.04. The van der Waals surface area contributed by atoms with Crippen LogP contribution in [0.4, 0.5) is 0 Å². The average molecular weight is 248 g/mol. The van der Waals surface area contributed by atoms with Crippen molar-refractivity contribution in [2.45, 2.75) is 20.8 Å². The molecule has 0 spiro atoms. The number of hydrogen-bond acceptors (Lipinski definition) is 2. The van der Waals surface area contributed by atoms with Crippen molar-refractivity contribution in [3.63, 3.8) is 0 Å². The first-order chi connectivity index (χ1) is 6.31. The third-order valence-corrected chi connectivity index (χ3v) is 3.13. The summed E-state index contributed by atoms with van der Waals surface area (Å²) in [4.78, 5) is 9.32. The summed E-state index contributed by atoms with van der Waals surface area (Å²) in [5.74, 6) is 0.619. The van der Waals surface area contributed by atoms with Gasteiger partial charge in [0.25, 0.3) is 5.69 Å². The van der Waals surface area contributed by atoms with Crippen LogP contribution < -0.4 is 4.52 Å². The van der Waals surface area contributed by atoms with Crippen LogP contribution in [0.1, 0.15) is 16.7 Å². The lowest BCUT2D eigenvalue weighted by Crippen LogP contribution is -1.93. The molecule has 0 saturated carbocycles. The Morgan fingerprint density at radius 1 is 1.29 bits per heavy atom. The molecule has 1 N–H and O–H groups in total. The van der Waals surface area contributed by atoms with Crippen molar-refractivity contribution in [3.8, 4) is 5.75 Å². The minimum atomic E-state index is -2.92. The van der Waals surface area contributed by atoms with E-state index in [9.17, 15) is 4.89 Å². The molecule has 0 amide bonds. The van der Waals surface area contributed by atoms with Crippen LogP contribution in [0.2, 0.25) is 0 Å². The maximum absolute atomic E-state index is 9.32. The van der Waals surface area contributed by atoms with Crippen molar-refractivity contribution in [2.24, 2.45) is 0 Å². The second-order valence-corrected chi connectivity index (χ2v) is 8.30. The predicted molar refractivity (Wildman–Crippen MR) is 66.8 cm³/mol. The van der Waals surface area contributed by atoms with E-state index in [4.69, 9.17) is 16.3 Å². The first-order valence-electron chi connectivity index (χ1n) is 4.13. The van der Waals surface area contributed by atoms with Crippen LogP contribution >= 0.6 is 17.9 Å². The second-order valence-electron chi connectivity index (χ2n) is 3.21. The monoisotopic (exact) mass is 248 g/mol. The third-order valence-electron chi connectivity index (χ3n) is 2.23. The highest BCUT2D eigenvalue weighted by Crippen LogP contribution is 2.48. The summed E-state index contributed by atoms with van der Waals surface area (Å²) in [5, 5.41) is 0. The van der Waals surface area contributed by atoms with Crippen LogP contribution in [-0.4, -0.2) is 4.89 Å². The smallest absolute Gasteiger partial charge is 0.291 e. The number of rotatable bonds is 2. The zero-order valence-corrected chi connectivity index (χ0v) is 10.9. The van der Waals surface area contributed by atoms with Crippen LogP contribution in [0.5, 0.6) is 5.75 Å². The van der Waals surface area contributed by atoms with Gasteiger partial charge in [0, 0.05) is 0 Å². The van der Waals surface area contributed by atoms with Crippen LogP contribution in [0.3, 0.4) is 0 Å². The van der Waals surface area contributed by atoms with Crippen molar-refractivity contribution in [1.29, 1.82) is 0 Å². The number of aryl methyl sites for hydroxylation is 1. The van der Waals surface area contributed by atoms with E-state index in [1.54, 1.807) is 0 Å². The second kappa shape index (κ2) is 4.23. The summed E-state index contributed by atoms with van der Waals surface area (Å²) in [6, 6.07) is 3.75. The van der Waals surface area contributed by atoms with Gasteiger partial charge >= 0.3 is 0 Å². The molecule has 78 valence electrons. The summed E-state index contributed by atoms with van der Waals surface area (Å²) in [6.07, 6.45) is 0. The van der Waals surface area contributed by atoms with Crippen LogP contribution in [0.15, 0.2) is 12.1 Å². The lowest BCUT2D eigenvalue weighted by molar-refractivity contribution is 0.502. The first kappa shape index (κ1) is 12.1. The predicted octanol–water partition coefficient (Wildman–Crippen LogP) is 3.14. The van der Waals surface area contributed by atoms with Gasteiger partial charge in [-0.2, -0.15) is 0 Å². The van der Waals surface area contributed by atoms with Crippen LogP contribution in [-0.2, 0) is 11.8 Å². The van der Waals surface area contributed by atoms with Gasteiger partial charge in [0.1, 0.15) is 5.75 Å². The molecule has 0 aliphatic heterocycles. The molecule has 0 aromatic heterocycles. The Morgan fingerprint density at radius 3 is 2.36 bits per heavy atom. The standard InChI is InChI=1S/C9H13O2PS2/c1-6-4-5-9(8(3)7(6)2)11-12(10,13)14/h4-5H,1-3H3,(H2,10,13,14). The highest BCUT2D eigenvalue weighted by atomic mass is 32.9. The lowest BCUT2D eigenvalue weighted by Gasteiger charge is -2.15. The van der Waals surface area contributed by atoms with E-state index < -0.39 is 5.69 Å². The molecule has 14 heavy (non-hydrogen) atoms. The van der Waals surface area contributed by atoms with E-state index in [1.807, 2.05) is 32.9 Å². The summed E-state index contributed by atoms with van der Waals surface area (Å²) in [6.45, 7) is 5.98. The van der Waals surface area contributed by atoms with E-state index >= 15 is 0 Å². The molecule has 0 aliphatic carbocycles. The summed E-state index contributed by atoms with van der Waals surface area (Å²) in [7, 11) is 0. The maximum atomic E-state index is 9.32. The quantitative estimate of drug-likeness (QED) is 0.622. The van der Waals surface area contributed by atoms with Gasteiger partial charge in [0.2, 0.25) is 0 Å². The summed E-state index contributed by atoms with van der Waals surface area (Å²) >= 11 is 8.54. The van der Waals surface area contributed by atoms with Gasteiger partial charge < -0.3 is 9.42 Å². The highest BCUT2D eigenvalue weighted by Gasteiger charge is 2.12. The Labute approximate surface area is 94.6 Å². The summed E-state index contributed by atoms with van der Waals surface area (Å²) < 4.78 is 5.21. The van der Waals surface area contributed by atoms with Gasteiger partial charge in [-0.15, -0.1) is 0 Å². The SMILES string of the molecule is Cc1ccc(OP(O)(=S)S)c(C)c1C. The van der Waals surface area contributed by atoms with Gasteiger partial charge in [-0.1, -0.05) is 18.3 Å². The molecule has 1 rings (SSSR count). The molecular weight excluding hydrogens is 235 g/mol. The van der Waals surface area contributed by atoms with E-state index in [1.165, 1.54) is 5.56 Å². The molecule has 0 aliphatic rings. The molecule has 0 fully saturated rings. The molecule has 1 unspecified atom stereocenters. The fraction of sp³-hybridized carbons (Fsp3) is 0.333. The number of hydrogen-bond donors (Lipinski definition) is 2. The van der Waals surface area contributed by atoms with Gasteiger partial charge in [-0.25, -0.2) is 0 Å². The van der Waals surface area contributed by atoms with Gasteiger partial charge in [-0.3, -0.25) is 0 Å². The third kappa shape index (κ3) is 2.99. The lowest BCUT2D eigenvalue weighted by atomic mass is 10.0. The van der Waals surface area contributed by atoms with Crippen molar-refractivity contribution in [1.82, 2.24) is 0 Å². The first-order valence-corrected chi connectivity index (χ1v) is 7.96. The van der Waals surface area contributed by atoms with Crippen molar-refractivity contribution >= 4 is 29.7 Å². The molecule has 0 heterocycles. The van der Waals surface area contributed by atoms with Crippen molar-refractivity contribution < 1.29 is 9.42 Å². The maximum Gasteiger partial charge on any atom is 0.291 e. The van der Waals surface area contributed by atoms with Gasteiger partial charge in [-0.05, 0) is 55.3 Å². The van der Waals surface area contributed by atoms with Crippen LogP contribution in [0, 0.1) is 20.8 Å². The molecule has 0 saturated heterocycles. The van der Waals surface area contributed by atoms with Crippen molar-refractivity contribution in [3.05, 3.63) is 28.8 Å². The van der Waals surface area contributed by atoms with Crippen LogP contribution in [0.25, 0.3) is 0 Å². The molecule has 0 radical (unpaired) electrons.